The molecule has 0 fully saturated rings. The maximum atomic E-state index is 6.84. The Hall–Kier alpha value is -6.20. The average Bonchev–Trinajstić information content (AvgIpc) is 3.74. The second-order valence-electron chi connectivity index (χ2n) is 18.1. The molecule has 290 valence electrons. The summed E-state index contributed by atoms with van der Waals surface area (Å²) in [6.45, 7) is 18.1. The number of fused-ring (bicyclic) bond motifs is 10. The molecule has 0 amide bonds. The van der Waals surface area contributed by atoms with E-state index in [0.717, 1.165) is 50.8 Å². The van der Waals surface area contributed by atoms with Gasteiger partial charge in [-0.05, 0) is 130 Å². The molecule has 0 saturated carbocycles. The molecule has 9 aromatic rings. The van der Waals surface area contributed by atoms with E-state index in [1.807, 2.05) is 6.07 Å². The highest BCUT2D eigenvalue weighted by molar-refractivity contribution is 6.98. The first-order valence-electron chi connectivity index (χ1n) is 21.5. The minimum Gasteiger partial charge on any atom is -0.458 e. The SMILES string of the molecule is CC(C)c1ccc2c(c1)c1cc(C(C)C)ccc1n2-c1ccc2c(c1)Oc1cccc3c1B2c1ccc(-n2c4ccc(C(C)C)cc4c4cc(C(C)C)ccc42)cc1O3. The molecule has 4 heterocycles. The van der Waals surface area contributed by atoms with Crippen molar-refractivity contribution in [3.8, 4) is 34.4 Å². The Balaban J connectivity index is 1.07. The van der Waals surface area contributed by atoms with Crippen LogP contribution in [-0.4, -0.2) is 15.8 Å². The Morgan fingerprint density at radius 2 is 0.712 bits per heavy atom. The largest absolute Gasteiger partial charge is 0.458 e. The Labute approximate surface area is 347 Å². The summed E-state index contributed by atoms with van der Waals surface area (Å²) in [5.41, 5.74) is 15.8. The predicted molar refractivity (Wildman–Crippen MR) is 249 cm³/mol. The fourth-order valence-corrected chi connectivity index (χ4v) is 9.79. The van der Waals surface area contributed by atoms with Crippen LogP contribution in [0.4, 0.5) is 0 Å². The smallest absolute Gasteiger partial charge is 0.260 e. The minimum absolute atomic E-state index is 0.0301. The van der Waals surface area contributed by atoms with Crippen molar-refractivity contribution >= 4 is 66.7 Å². The van der Waals surface area contributed by atoms with E-state index in [2.05, 4.69) is 186 Å². The van der Waals surface area contributed by atoms with E-state index < -0.39 is 0 Å². The number of nitrogens with zero attached hydrogens (tertiary/aromatic N) is 2. The lowest BCUT2D eigenvalue weighted by atomic mass is 9.35. The van der Waals surface area contributed by atoms with Gasteiger partial charge in [0.15, 0.2) is 0 Å². The Morgan fingerprint density at radius 3 is 1.03 bits per heavy atom. The molecule has 2 aromatic heterocycles. The van der Waals surface area contributed by atoms with Crippen molar-refractivity contribution in [3.63, 3.8) is 0 Å². The van der Waals surface area contributed by atoms with E-state index in [1.165, 1.54) is 65.9 Å². The molecule has 11 rings (SSSR count). The average molecular weight is 769 g/mol. The van der Waals surface area contributed by atoms with Crippen molar-refractivity contribution in [2.24, 2.45) is 0 Å². The molecule has 0 atom stereocenters. The molecule has 2 aliphatic rings. The highest BCUT2D eigenvalue weighted by atomic mass is 16.5. The maximum absolute atomic E-state index is 6.84. The Bertz CT molecular complexity index is 2860. The third-order valence-corrected chi connectivity index (χ3v) is 13.2. The maximum Gasteiger partial charge on any atom is 0.260 e. The van der Waals surface area contributed by atoms with Gasteiger partial charge in [0.2, 0.25) is 0 Å². The van der Waals surface area contributed by atoms with Gasteiger partial charge in [0.05, 0.1) is 22.1 Å². The van der Waals surface area contributed by atoms with Crippen LogP contribution in [0.1, 0.15) is 101 Å². The molecule has 0 aliphatic carbocycles. The summed E-state index contributed by atoms with van der Waals surface area (Å²) in [4.78, 5) is 0. The van der Waals surface area contributed by atoms with Gasteiger partial charge >= 0.3 is 0 Å². The van der Waals surface area contributed by atoms with Crippen LogP contribution >= 0.6 is 0 Å². The molecule has 4 nitrogen and oxygen atoms in total. The lowest BCUT2D eigenvalue weighted by Gasteiger charge is -2.33. The van der Waals surface area contributed by atoms with Gasteiger partial charge in [-0.25, -0.2) is 0 Å². The van der Waals surface area contributed by atoms with Crippen LogP contribution in [-0.2, 0) is 0 Å². The summed E-state index contributed by atoms with van der Waals surface area (Å²) in [6.07, 6.45) is 0. The van der Waals surface area contributed by atoms with Crippen LogP contribution in [0.3, 0.4) is 0 Å². The van der Waals surface area contributed by atoms with Gasteiger partial charge < -0.3 is 18.6 Å². The topological polar surface area (TPSA) is 28.3 Å². The van der Waals surface area contributed by atoms with Crippen molar-refractivity contribution in [1.29, 1.82) is 0 Å². The molecule has 0 spiro atoms. The first-order valence-corrected chi connectivity index (χ1v) is 21.5. The van der Waals surface area contributed by atoms with E-state index in [4.69, 9.17) is 9.47 Å². The molecule has 5 heteroatoms. The first-order chi connectivity index (χ1) is 28.5. The number of aromatic nitrogens is 2. The quantitative estimate of drug-likeness (QED) is 0.158. The Kier molecular flexibility index (Phi) is 8.01. The third kappa shape index (κ3) is 5.43. The zero-order valence-corrected chi connectivity index (χ0v) is 35.2. The van der Waals surface area contributed by atoms with Crippen molar-refractivity contribution in [2.75, 3.05) is 0 Å². The summed E-state index contributed by atoms with van der Waals surface area (Å²) in [7, 11) is 0. The molecule has 0 radical (unpaired) electrons. The molecular formula is C54H49BN2O2. The number of hydrogen-bond acceptors (Lipinski definition) is 2. The monoisotopic (exact) mass is 768 g/mol. The van der Waals surface area contributed by atoms with E-state index in [1.54, 1.807) is 0 Å². The fourth-order valence-electron chi connectivity index (χ4n) is 9.79. The normalized spacial score (nSPS) is 13.3. The Morgan fingerprint density at radius 1 is 0.373 bits per heavy atom. The lowest BCUT2D eigenvalue weighted by molar-refractivity contribution is 0.464. The molecule has 59 heavy (non-hydrogen) atoms. The summed E-state index contributed by atoms with van der Waals surface area (Å²) < 4.78 is 18.5. The second-order valence-corrected chi connectivity index (χ2v) is 18.1. The van der Waals surface area contributed by atoms with E-state index in [9.17, 15) is 0 Å². The van der Waals surface area contributed by atoms with Gasteiger partial charge in [-0.3, -0.25) is 0 Å². The number of ether oxygens (including phenoxy) is 2. The second kappa shape index (κ2) is 13.2. The fraction of sp³-hybridized carbons (Fsp3) is 0.222. The van der Waals surface area contributed by atoms with E-state index in [0.29, 0.717) is 23.7 Å². The number of benzene rings is 7. The van der Waals surface area contributed by atoms with Gasteiger partial charge in [0.25, 0.3) is 6.71 Å². The summed E-state index contributed by atoms with van der Waals surface area (Å²) in [5, 5.41) is 5.17. The summed E-state index contributed by atoms with van der Waals surface area (Å²) >= 11 is 0. The highest BCUT2D eigenvalue weighted by Crippen LogP contribution is 2.41. The van der Waals surface area contributed by atoms with Gasteiger partial charge in [0, 0.05) is 50.5 Å². The van der Waals surface area contributed by atoms with Crippen molar-refractivity contribution in [3.05, 3.63) is 150 Å². The van der Waals surface area contributed by atoms with Crippen molar-refractivity contribution < 1.29 is 9.47 Å². The third-order valence-electron chi connectivity index (χ3n) is 13.2. The predicted octanol–water partition coefficient (Wildman–Crippen LogP) is 13.1. The van der Waals surface area contributed by atoms with Crippen LogP contribution in [0, 0.1) is 0 Å². The number of rotatable bonds is 6. The molecule has 0 saturated heterocycles. The molecule has 0 unspecified atom stereocenters. The first kappa shape index (κ1) is 35.9. The molecule has 0 N–H and O–H groups in total. The van der Waals surface area contributed by atoms with Crippen LogP contribution < -0.4 is 25.9 Å². The van der Waals surface area contributed by atoms with Gasteiger partial charge in [-0.2, -0.15) is 0 Å². The van der Waals surface area contributed by atoms with Crippen molar-refractivity contribution in [2.45, 2.75) is 79.1 Å². The van der Waals surface area contributed by atoms with Gasteiger partial charge in [0.1, 0.15) is 23.0 Å². The summed E-state index contributed by atoms with van der Waals surface area (Å²) in [6, 6.07) is 47.8. The molecule has 7 aromatic carbocycles. The zero-order chi connectivity index (χ0) is 40.4. The van der Waals surface area contributed by atoms with Crippen LogP contribution in [0.15, 0.2) is 127 Å². The molecule has 2 aliphatic heterocycles. The molecular weight excluding hydrogens is 719 g/mol. The lowest BCUT2D eigenvalue weighted by Crippen LogP contribution is -2.57. The van der Waals surface area contributed by atoms with Crippen LogP contribution in [0.5, 0.6) is 23.0 Å². The molecule has 0 bridgehead atoms. The van der Waals surface area contributed by atoms with Gasteiger partial charge in [-0.15, -0.1) is 0 Å². The van der Waals surface area contributed by atoms with E-state index >= 15 is 0 Å². The van der Waals surface area contributed by atoms with Crippen LogP contribution in [0.2, 0.25) is 0 Å². The van der Waals surface area contributed by atoms with Crippen LogP contribution in [0.25, 0.3) is 55.0 Å². The summed E-state index contributed by atoms with van der Waals surface area (Å²) in [5.74, 6) is 5.25. The minimum atomic E-state index is -0.0301. The number of hydrogen-bond donors (Lipinski definition) is 0. The van der Waals surface area contributed by atoms with E-state index in [-0.39, 0.29) is 6.71 Å². The zero-order valence-electron chi connectivity index (χ0n) is 35.2. The van der Waals surface area contributed by atoms with Crippen molar-refractivity contribution in [1.82, 2.24) is 9.13 Å². The highest BCUT2D eigenvalue weighted by Gasteiger charge is 2.40. The van der Waals surface area contributed by atoms with Gasteiger partial charge in [-0.1, -0.05) is 97.9 Å². The standard InChI is InChI=1S/C54H49BN2O2/c1-30(2)34-12-20-46-40(24-34)41-25-35(31(3)4)13-21-47(41)56(46)38-16-18-44-52(28-38)58-50-10-9-11-51-54(50)55(44)45-19-17-39(29-53(45)59-51)57-48-22-14-36(32(5)6)26-42(48)43-27-37(33(7)8)15-23-49(43)57/h9-33H,1-8H3.